The lowest BCUT2D eigenvalue weighted by molar-refractivity contribution is 0.0199. The zero-order valence-corrected chi connectivity index (χ0v) is 21.8. The van der Waals surface area contributed by atoms with Gasteiger partial charge < -0.3 is 13.8 Å². The van der Waals surface area contributed by atoms with Gasteiger partial charge in [-0.2, -0.15) is 4.98 Å². The van der Waals surface area contributed by atoms with Crippen molar-refractivity contribution in [2.24, 2.45) is 0 Å². The summed E-state index contributed by atoms with van der Waals surface area (Å²) in [5.41, 5.74) is 1.62. The van der Waals surface area contributed by atoms with Crippen molar-refractivity contribution < 1.29 is 14.1 Å². The Bertz CT molecular complexity index is 1110. The van der Waals surface area contributed by atoms with Crippen LogP contribution in [0.3, 0.4) is 0 Å². The van der Waals surface area contributed by atoms with Crippen molar-refractivity contribution in [2.75, 3.05) is 6.54 Å². The van der Waals surface area contributed by atoms with Crippen LogP contribution in [0, 0.1) is 0 Å². The first kappa shape index (κ1) is 25.3. The lowest BCUT2D eigenvalue weighted by Gasteiger charge is -2.26. The van der Waals surface area contributed by atoms with Crippen molar-refractivity contribution in [1.29, 1.82) is 0 Å². The maximum absolute atomic E-state index is 12.7. The molecule has 0 saturated carbocycles. The van der Waals surface area contributed by atoms with Gasteiger partial charge in [0, 0.05) is 35.8 Å². The standard InChI is InChI=1S/C28H40N4O3/c1-5-6-7-8-9-10-13-18-31-20-22(21-15-11-12-16-23(21)31)25-29-26(35-30-25)24-17-14-19-32(24)27(33)34-28(2,3)4/h11-12,15-16,20,24H,5-10,13-14,17-19H2,1-4H3/t24-/m0/s1. The second kappa shape index (κ2) is 11.3. The Morgan fingerprint density at radius 1 is 1.11 bits per heavy atom. The number of para-hydroxylation sites is 1. The van der Waals surface area contributed by atoms with Gasteiger partial charge in [0.25, 0.3) is 0 Å². The molecule has 1 saturated heterocycles. The van der Waals surface area contributed by atoms with Gasteiger partial charge in [-0.1, -0.05) is 68.8 Å². The Balaban J connectivity index is 1.48. The normalized spacial score (nSPS) is 16.3. The number of carbonyl (C=O) groups excluding carboxylic acids is 1. The molecule has 1 aliphatic rings. The van der Waals surface area contributed by atoms with Gasteiger partial charge in [-0.25, -0.2) is 4.79 Å². The third-order valence-corrected chi connectivity index (χ3v) is 6.64. The number of hydrogen-bond donors (Lipinski definition) is 0. The molecule has 0 spiro atoms. The molecule has 1 atom stereocenters. The van der Waals surface area contributed by atoms with Crippen LogP contribution in [0.5, 0.6) is 0 Å². The molecular formula is C28H40N4O3. The number of fused-ring (bicyclic) bond motifs is 1. The molecular weight excluding hydrogens is 440 g/mol. The number of rotatable bonds is 10. The van der Waals surface area contributed by atoms with Crippen LogP contribution >= 0.6 is 0 Å². The van der Waals surface area contributed by atoms with E-state index in [-0.39, 0.29) is 12.1 Å². The number of aryl methyl sites for hydroxylation is 1. The number of likely N-dealkylation sites (tertiary alicyclic amines) is 1. The predicted octanol–water partition coefficient (Wildman–Crippen LogP) is 7.51. The molecule has 2 aromatic heterocycles. The third-order valence-electron chi connectivity index (χ3n) is 6.64. The summed E-state index contributed by atoms with van der Waals surface area (Å²) in [4.78, 5) is 19.2. The zero-order valence-electron chi connectivity index (χ0n) is 21.8. The fourth-order valence-electron chi connectivity index (χ4n) is 4.89. The van der Waals surface area contributed by atoms with Gasteiger partial charge in [0.15, 0.2) is 0 Å². The van der Waals surface area contributed by atoms with Gasteiger partial charge in [0.05, 0.1) is 0 Å². The maximum Gasteiger partial charge on any atom is 0.410 e. The van der Waals surface area contributed by atoms with Crippen LogP contribution in [-0.4, -0.2) is 37.8 Å². The number of nitrogens with zero attached hydrogens (tertiary/aromatic N) is 4. The zero-order chi connectivity index (χ0) is 24.8. The van der Waals surface area contributed by atoms with Crippen molar-refractivity contribution in [3.05, 3.63) is 36.4 Å². The van der Waals surface area contributed by atoms with E-state index in [0.29, 0.717) is 18.3 Å². The molecule has 0 N–H and O–H groups in total. The minimum absolute atomic E-state index is 0.243. The van der Waals surface area contributed by atoms with E-state index in [9.17, 15) is 4.79 Å². The highest BCUT2D eigenvalue weighted by Gasteiger charge is 2.36. The fourth-order valence-corrected chi connectivity index (χ4v) is 4.89. The summed E-state index contributed by atoms with van der Waals surface area (Å²) < 4.78 is 13.6. The summed E-state index contributed by atoms with van der Waals surface area (Å²) in [6, 6.07) is 8.15. The van der Waals surface area contributed by atoms with Crippen LogP contribution in [0.25, 0.3) is 22.3 Å². The summed E-state index contributed by atoms with van der Waals surface area (Å²) >= 11 is 0. The lowest BCUT2D eigenvalue weighted by Crippen LogP contribution is -2.36. The molecule has 1 aromatic carbocycles. The SMILES string of the molecule is CCCCCCCCCn1cc(-c2noc([C@@H]3CCCN3C(=O)OC(C)(C)C)n2)c2ccccc21. The molecule has 7 heteroatoms. The molecule has 3 aromatic rings. The molecule has 0 unspecified atom stereocenters. The van der Waals surface area contributed by atoms with Gasteiger partial charge in [0.2, 0.25) is 11.7 Å². The van der Waals surface area contributed by atoms with Gasteiger partial charge in [0.1, 0.15) is 11.6 Å². The molecule has 0 bridgehead atoms. The number of hydrogen-bond acceptors (Lipinski definition) is 5. The monoisotopic (exact) mass is 480 g/mol. The third kappa shape index (κ3) is 6.24. The smallest absolute Gasteiger partial charge is 0.410 e. The lowest BCUT2D eigenvalue weighted by atomic mass is 10.1. The molecule has 1 fully saturated rings. The average Bonchev–Trinajstić information content (AvgIpc) is 3.55. The Labute approximate surface area is 208 Å². The average molecular weight is 481 g/mol. The van der Waals surface area contributed by atoms with Crippen molar-refractivity contribution in [1.82, 2.24) is 19.6 Å². The summed E-state index contributed by atoms with van der Waals surface area (Å²) in [7, 11) is 0. The minimum Gasteiger partial charge on any atom is -0.444 e. The Morgan fingerprint density at radius 3 is 2.63 bits per heavy atom. The topological polar surface area (TPSA) is 73.4 Å². The van der Waals surface area contributed by atoms with Crippen molar-refractivity contribution >= 4 is 17.0 Å². The quantitative estimate of drug-likeness (QED) is 0.281. The van der Waals surface area contributed by atoms with Crippen LogP contribution in [0.15, 0.2) is 35.0 Å². The number of benzene rings is 1. The molecule has 0 aliphatic carbocycles. The number of ether oxygens (including phenoxy) is 1. The van der Waals surface area contributed by atoms with Crippen molar-refractivity contribution in [3.63, 3.8) is 0 Å². The van der Waals surface area contributed by atoms with E-state index in [1.807, 2.05) is 26.8 Å². The first-order valence-corrected chi connectivity index (χ1v) is 13.3. The highest BCUT2D eigenvalue weighted by Crippen LogP contribution is 2.35. The summed E-state index contributed by atoms with van der Waals surface area (Å²) in [6.45, 7) is 9.50. The highest BCUT2D eigenvalue weighted by molar-refractivity contribution is 5.94. The molecule has 7 nitrogen and oxygen atoms in total. The van der Waals surface area contributed by atoms with E-state index < -0.39 is 5.60 Å². The van der Waals surface area contributed by atoms with Crippen molar-refractivity contribution in [2.45, 2.75) is 104 Å². The van der Waals surface area contributed by atoms with Crippen LogP contribution in [0.1, 0.15) is 97.4 Å². The van der Waals surface area contributed by atoms with Crippen LogP contribution in [0.4, 0.5) is 4.79 Å². The number of carbonyl (C=O) groups is 1. The van der Waals surface area contributed by atoms with E-state index in [4.69, 9.17) is 14.2 Å². The second-order valence-corrected chi connectivity index (χ2v) is 10.7. The predicted molar refractivity (Wildman–Crippen MR) is 138 cm³/mol. The fraction of sp³-hybridized carbons (Fsp3) is 0.607. The largest absolute Gasteiger partial charge is 0.444 e. The van der Waals surface area contributed by atoms with Gasteiger partial charge in [-0.3, -0.25) is 4.90 Å². The molecule has 4 rings (SSSR count). The van der Waals surface area contributed by atoms with Gasteiger partial charge >= 0.3 is 6.09 Å². The first-order chi connectivity index (χ1) is 16.9. The summed E-state index contributed by atoms with van der Waals surface area (Å²) in [5.74, 6) is 1.05. The molecule has 1 amide bonds. The summed E-state index contributed by atoms with van der Waals surface area (Å²) in [5, 5.41) is 5.45. The van der Waals surface area contributed by atoms with Crippen LogP contribution < -0.4 is 0 Å². The van der Waals surface area contributed by atoms with E-state index in [2.05, 4.69) is 41.0 Å². The summed E-state index contributed by atoms with van der Waals surface area (Å²) in [6.07, 6.45) is 12.5. The molecule has 0 radical (unpaired) electrons. The Hall–Kier alpha value is -2.83. The first-order valence-electron chi connectivity index (χ1n) is 13.3. The van der Waals surface area contributed by atoms with Crippen LogP contribution in [0.2, 0.25) is 0 Å². The Kier molecular flexibility index (Phi) is 8.14. The second-order valence-electron chi connectivity index (χ2n) is 10.7. The molecule has 190 valence electrons. The maximum atomic E-state index is 12.7. The van der Waals surface area contributed by atoms with Crippen molar-refractivity contribution in [3.8, 4) is 11.4 Å². The minimum atomic E-state index is -0.540. The Morgan fingerprint density at radius 2 is 1.86 bits per heavy atom. The molecule has 35 heavy (non-hydrogen) atoms. The van der Waals surface area contributed by atoms with Crippen LogP contribution in [-0.2, 0) is 11.3 Å². The van der Waals surface area contributed by atoms with E-state index >= 15 is 0 Å². The van der Waals surface area contributed by atoms with E-state index in [0.717, 1.165) is 36.8 Å². The molecule has 1 aliphatic heterocycles. The number of unbranched alkanes of at least 4 members (excludes halogenated alkanes) is 6. The van der Waals surface area contributed by atoms with Gasteiger partial charge in [-0.15, -0.1) is 0 Å². The van der Waals surface area contributed by atoms with E-state index in [1.165, 1.54) is 44.0 Å². The highest BCUT2D eigenvalue weighted by atomic mass is 16.6. The number of amides is 1. The van der Waals surface area contributed by atoms with Gasteiger partial charge in [-0.05, 0) is 46.1 Å². The number of aromatic nitrogens is 3. The van der Waals surface area contributed by atoms with E-state index in [1.54, 1.807) is 4.90 Å². The molecule has 3 heterocycles.